The molecule has 1 aromatic rings. The molecule has 1 heterocycles. The van der Waals surface area contributed by atoms with Crippen molar-refractivity contribution in [3.8, 4) is 0 Å². The number of hydrogen-bond donors (Lipinski definition) is 3. The molecular formula is C21H31F3IN5O2. The van der Waals surface area contributed by atoms with E-state index in [2.05, 4.69) is 20.9 Å². The molecule has 1 saturated heterocycles. The molecule has 3 N–H and O–H groups in total. The lowest BCUT2D eigenvalue weighted by Gasteiger charge is -2.29. The van der Waals surface area contributed by atoms with E-state index in [1.807, 2.05) is 11.8 Å². The van der Waals surface area contributed by atoms with E-state index in [1.54, 1.807) is 6.07 Å². The van der Waals surface area contributed by atoms with Crippen LogP contribution in [0.2, 0.25) is 0 Å². The van der Waals surface area contributed by atoms with Crippen LogP contribution in [0.15, 0.2) is 23.2 Å². The molecule has 1 amide bonds. The number of carbonyl (C=O) groups is 1. The molecule has 1 aliphatic carbocycles. The van der Waals surface area contributed by atoms with Crippen molar-refractivity contribution in [2.45, 2.75) is 32.5 Å². The highest BCUT2D eigenvalue weighted by molar-refractivity contribution is 14.0. The van der Waals surface area contributed by atoms with Crippen molar-refractivity contribution in [2.24, 2.45) is 10.9 Å². The average Bonchev–Trinajstić information content (AvgIpc) is 3.60. The van der Waals surface area contributed by atoms with Crippen molar-refractivity contribution in [3.05, 3.63) is 29.3 Å². The summed E-state index contributed by atoms with van der Waals surface area (Å²) in [6.45, 7) is 5.36. The second-order valence-corrected chi connectivity index (χ2v) is 7.63. The van der Waals surface area contributed by atoms with Crippen molar-refractivity contribution in [1.82, 2.24) is 16.0 Å². The predicted octanol–water partition coefficient (Wildman–Crippen LogP) is 2.74. The van der Waals surface area contributed by atoms with Crippen LogP contribution in [-0.2, 0) is 22.3 Å². The largest absolute Gasteiger partial charge is 0.416 e. The zero-order valence-electron chi connectivity index (χ0n) is 18.1. The summed E-state index contributed by atoms with van der Waals surface area (Å²) in [7, 11) is 0. The highest BCUT2D eigenvalue weighted by atomic mass is 127. The number of halogens is 4. The molecule has 1 aromatic carbocycles. The summed E-state index contributed by atoms with van der Waals surface area (Å²) in [5.74, 6) is 0.607. The number of nitrogens with one attached hydrogen (secondary N) is 3. The summed E-state index contributed by atoms with van der Waals surface area (Å²) in [5.41, 5.74) is -0.0173. The second-order valence-electron chi connectivity index (χ2n) is 7.63. The fourth-order valence-corrected chi connectivity index (χ4v) is 3.35. The smallest absolute Gasteiger partial charge is 0.378 e. The molecule has 0 aromatic heterocycles. The maximum absolute atomic E-state index is 13.7. The van der Waals surface area contributed by atoms with Crippen LogP contribution < -0.4 is 20.9 Å². The normalized spacial score (nSPS) is 16.9. The molecule has 180 valence electrons. The molecule has 0 unspecified atom stereocenters. The Balaban J connectivity index is 0.00000363. The molecule has 0 atom stereocenters. The molecule has 0 radical (unpaired) electrons. The van der Waals surface area contributed by atoms with Crippen molar-refractivity contribution in [2.75, 3.05) is 50.8 Å². The fourth-order valence-electron chi connectivity index (χ4n) is 3.35. The number of morpholine rings is 1. The minimum Gasteiger partial charge on any atom is -0.378 e. The number of ether oxygens (including phenoxy) is 1. The Kier molecular flexibility index (Phi) is 10.3. The van der Waals surface area contributed by atoms with E-state index in [4.69, 9.17) is 4.74 Å². The van der Waals surface area contributed by atoms with Gasteiger partial charge in [0.15, 0.2) is 5.96 Å². The van der Waals surface area contributed by atoms with Crippen LogP contribution in [0.4, 0.5) is 18.9 Å². The Morgan fingerprint density at radius 1 is 1.16 bits per heavy atom. The van der Waals surface area contributed by atoms with Crippen molar-refractivity contribution in [1.29, 1.82) is 0 Å². The fraction of sp³-hybridized carbons (Fsp3) is 0.619. The first-order chi connectivity index (χ1) is 14.9. The van der Waals surface area contributed by atoms with Gasteiger partial charge in [0.2, 0.25) is 5.91 Å². The molecule has 7 nitrogen and oxygen atoms in total. The van der Waals surface area contributed by atoms with E-state index in [0.717, 1.165) is 12.8 Å². The van der Waals surface area contributed by atoms with Gasteiger partial charge >= 0.3 is 6.18 Å². The predicted molar refractivity (Wildman–Crippen MR) is 128 cm³/mol. The van der Waals surface area contributed by atoms with Crippen LogP contribution in [0.3, 0.4) is 0 Å². The Labute approximate surface area is 203 Å². The van der Waals surface area contributed by atoms with Crippen molar-refractivity contribution in [3.63, 3.8) is 0 Å². The number of amides is 1. The summed E-state index contributed by atoms with van der Waals surface area (Å²) < 4.78 is 46.4. The second kappa shape index (κ2) is 12.5. The highest BCUT2D eigenvalue weighted by Gasteiger charge is 2.34. The maximum Gasteiger partial charge on any atom is 0.416 e. The summed E-state index contributed by atoms with van der Waals surface area (Å²) in [6.07, 6.45) is -2.59. The molecule has 3 rings (SSSR count). The van der Waals surface area contributed by atoms with Gasteiger partial charge in [0.05, 0.1) is 25.3 Å². The van der Waals surface area contributed by atoms with Gasteiger partial charge in [0.25, 0.3) is 0 Å². The number of alkyl halides is 3. The highest BCUT2D eigenvalue weighted by Crippen LogP contribution is 2.35. The molecule has 2 fully saturated rings. The lowest BCUT2D eigenvalue weighted by molar-refractivity contribution is -0.138. The SMILES string of the molecule is CCNC(=NCc1ccc(N2CCOCC2)cc1C(F)(F)F)NCCNC(=O)C1CC1.I. The van der Waals surface area contributed by atoms with Crippen LogP contribution in [0, 0.1) is 5.92 Å². The number of aliphatic imine (C=N–C) groups is 1. The quantitative estimate of drug-likeness (QED) is 0.194. The Morgan fingerprint density at radius 2 is 1.84 bits per heavy atom. The molecule has 32 heavy (non-hydrogen) atoms. The number of hydrogen-bond acceptors (Lipinski definition) is 4. The van der Waals surface area contributed by atoms with Gasteiger partial charge < -0.3 is 25.6 Å². The van der Waals surface area contributed by atoms with E-state index < -0.39 is 11.7 Å². The van der Waals surface area contributed by atoms with Gasteiger partial charge in [-0.1, -0.05) is 6.07 Å². The summed E-state index contributed by atoms with van der Waals surface area (Å²) >= 11 is 0. The van der Waals surface area contributed by atoms with Crippen LogP contribution >= 0.6 is 24.0 Å². The lowest BCUT2D eigenvalue weighted by Crippen LogP contribution is -2.41. The third-order valence-corrected chi connectivity index (χ3v) is 5.19. The number of rotatable bonds is 8. The Bertz CT molecular complexity index is 781. The first kappa shape index (κ1) is 26.5. The minimum atomic E-state index is -4.47. The zero-order valence-corrected chi connectivity index (χ0v) is 20.5. The molecule has 1 saturated carbocycles. The number of anilines is 1. The number of guanidine groups is 1. The van der Waals surface area contributed by atoms with Crippen molar-refractivity contribution < 1.29 is 22.7 Å². The number of carbonyl (C=O) groups excluding carboxylic acids is 1. The van der Waals surface area contributed by atoms with E-state index in [9.17, 15) is 18.0 Å². The molecular weight excluding hydrogens is 538 g/mol. The number of benzene rings is 1. The van der Waals surface area contributed by atoms with Crippen LogP contribution in [0.1, 0.15) is 30.9 Å². The lowest BCUT2D eigenvalue weighted by atomic mass is 10.1. The van der Waals surface area contributed by atoms with Crippen molar-refractivity contribution >= 4 is 41.5 Å². The van der Waals surface area contributed by atoms with Gasteiger partial charge in [0, 0.05) is 44.3 Å². The van der Waals surface area contributed by atoms with Crippen LogP contribution in [0.5, 0.6) is 0 Å². The third-order valence-electron chi connectivity index (χ3n) is 5.19. The van der Waals surface area contributed by atoms with Crippen LogP contribution in [-0.4, -0.2) is 57.8 Å². The van der Waals surface area contributed by atoms with Gasteiger partial charge in [-0.15, -0.1) is 24.0 Å². The molecule has 0 bridgehead atoms. The summed E-state index contributed by atoms with van der Waals surface area (Å²) in [4.78, 5) is 17.9. The Hall–Kier alpha value is -1.76. The zero-order chi connectivity index (χ0) is 22.3. The van der Waals surface area contributed by atoms with Crippen LogP contribution in [0.25, 0.3) is 0 Å². The van der Waals surface area contributed by atoms with Gasteiger partial charge in [-0.25, -0.2) is 4.99 Å². The molecule has 0 spiro atoms. The van der Waals surface area contributed by atoms with Gasteiger partial charge in [-0.2, -0.15) is 13.2 Å². The maximum atomic E-state index is 13.7. The Morgan fingerprint density at radius 3 is 2.47 bits per heavy atom. The number of nitrogens with zero attached hydrogens (tertiary/aromatic N) is 2. The monoisotopic (exact) mass is 569 g/mol. The average molecular weight is 569 g/mol. The topological polar surface area (TPSA) is 78.0 Å². The molecule has 1 aliphatic heterocycles. The minimum absolute atomic E-state index is 0. The summed E-state index contributed by atoms with van der Waals surface area (Å²) in [5, 5.41) is 8.90. The first-order valence-corrected chi connectivity index (χ1v) is 10.7. The van der Waals surface area contributed by atoms with E-state index in [1.165, 1.54) is 12.1 Å². The third kappa shape index (κ3) is 7.98. The van der Waals surface area contributed by atoms with Gasteiger partial charge in [0.1, 0.15) is 0 Å². The van der Waals surface area contributed by atoms with E-state index in [-0.39, 0.29) is 47.9 Å². The van der Waals surface area contributed by atoms with E-state index >= 15 is 0 Å². The van der Waals surface area contributed by atoms with Gasteiger partial charge in [-0.3, -0.25) is 4.79 Å². The standard InChI is InChI=1S/C21H30F3N5O2.HI/c1-2-25-20(27-8-7-26-19(30)15-3-4-15)28-14-16-5-6-17(13-18(16)21(22,23)24)29-9-11-31-12-10-29;/h5-6,13,15H,2-4,7-12,14H2,1H3,(H,26,30)(H2,25,27,28);1H. The van der Waals surface area contributed by atoms with E-state index in [0.29, 0.717) is 57.6 Å². The molecule has 11 heteroatoms. The first-order valence-electron chi connectivity index (χ1n) is 10.7. The molecule has 2 aliphatic rings. The summed E-state index contributed by atoms with van der Waals surface area (Å²) in [6, 6.07) is 4.40. The van der Waals surface area contributed by atoms with Gasteiger partial charge in [-0.05, 0) is 37.5 Å².